The molecule has 1 aliphatic rings. The van der Waals surface area contributed by atoms with Crippen LogP contribution in [0, 0.1) is 0 Å². The van der Waals surface area contributed by atoms with Crippen molar-refractivity contribution in [3.8, 4) is 0 Å². The van der Waals surface area contributed by atoms with Crippen molar-refractivity contribution in [1.29, 1.82) is 0 Å². The summed E-state index contributed by atoms with van der Waals surface area (Å²) >= 11 is 5.78. The van der Waals surface area contributed by atoms with Gasteiger partial charge in [-0.25, -0.2) is 0 Å². The van der Waals surface area contributed by atoms with Gasteiger partial charge in [0.15, 0.2) is 0 Å². The smallest absolute Gasteiger partial charge is 0.267 e. The largest absolute Gasteiger partial charge is 0.269 e. The third kappa shape index (κ3) is 3.71. The van der Waals surface area contributed by atoms with Gasteiger partial charge in [-0.15, -0.1) is 0 Å². The SMILES string of the molecule is O=C(NNC(=O)c1ccc2c(c1)CCCC2)c1ccc(Cl)cc1. The molecule has 5 heteroatoms. The maximum Gasteiger partial charge on any atom is 0.269 e. The first-order chi connectivity index (χ1) is 11.1. The van der Waals surface area contributed by atoms with E-state index in [0.717, 1.165) is 19.3 Å². The number of fused-ring (bicyclic) bond motifs is 1. The molecule has 2 aromatic rings. The third-order valence-electron chi connectivity index (χ3n) is 4.01. The van der Waals surface area contributed by atoms with Crippen LogP contribution in [-0.4, -0.2) is 11.8 Å². The lowest BCUT2D eigenvalue weighted by atomic mass is 9.90. The number of hydrazine groups is 1. The fourth-order valence-corrected chi connectivity index (χ4v) is 2.86. The Balaban J connectivity index is 1.63. The number of carbonyl (C=O) groups is 2. The van der Waals surface area contributed by atoms with Crippen LogP contribution in [-0.2, 0) is 12.8 Å². The first-order valence-corrected chi connectivity index (χ1v) is 7.99. The Bertz CT molecular complexity index is 741. The van der Waals surface area contributed by atoms with E-state index < -0.39 is 0 Å². The predicted molar refractivity (Wildman–Crippen MR) is 89.5 cm³/mol. The van der Waals surface area contributed by atoms with E-state index in [1.165, 1.54) is 17.5 Å². The quantitative estimate of drug-likeness (QED) is 0.831. The average molecular weight is 329 g/mol. The van der Waals surface area contributed by atoms with Gasteiger partial charge < -0.3 is 0 Å². The lowest BCUT2D eigenvalue weighted by molar-refractivity contribution is 0.0846. The molecule has 0 unspecified atom stereocenters. The summed E-state index contributed by atoms with van der Waals surface area (Å²) in [5.41, 5.74) is 8.40. The van der Waals surface area contributed by atoms with Crippen molar-refractivity contribution in [2.45, 2.75) is 25.7 Å². The van der Waals surface area contributed by atoms with E-state index in [9.17, 15) is 9.59 Å². The van der Waals surface area contributed by atoms with Crippen molar-refractivity contribution in [2.24, 2.45) is 0 Å². The minimum Gasteiger partial charge on any atom is -0.267 e. The number of nitrogens with one attached hydrogen (secondary N) is 2. The molecule has 0 saturated heterocycles. The van der Waals surface area contributed by atoms with E-state index in [2.05, 4.69) is 10.9 Å². The van der Waals surface area contributed by atoms with Gasteiger partial charge in [0.25, 0.3) is 11.8 Å². The summed E-state index contributed by atoms with van der Waals surface area (Å²) in [7, 11) is 0. The molecular weight excluding hydrogens is 312 g/mol. The van der Waals surface area contributed by atoms with Gasteiger partial charge in [0.2, 0.25) is 0 Å². The molecule has 2 aromatic carbocycles. The predicted octanol–water partition coefficient (Wildman–Crippen LogP) is 3.29. The van der Waals surface area contributed by atoms with Gasteiger partial charge >= 0.3 is 0 Å². The molecule has 2 amide bonds. The van der Waals surface area contributed by atoms with Crippen molar-refractivity contribution in [3.63, 3.8) is 0 Å². The molecule has 4 nitrogen and oxygen atoms in total. The summed E-state index contributed by atoms with van der Waals surface area (Å²) in [6.45, 7) is 0. The summed E-state index contributed by atoms with van der Waals surface area (Å²) in [5.74, 6) is -0.700. The molecule has 0 saturated carbocycles. The maximum absolute atomic E-state index is 12.2. The van der Waals surface area contributed by atoms with Crippen LogP contribution in [0.4, 0.5) is 0 Å². The molecule has 0 atom stereocenters. The van der Waals surface area contributed by atoms with Crippen molar-refractivity contribution in [2.75, 3.05) is 0 Å². The van der Waals surface area contributed by atoms with Crippen LogP contribution in [0.25, 0.3) is 0 Å². The second-order valence-corrected chi connectivity index (χ2v) is 6.04. The summed E-state index contributed by atoms with van der Waals surface area (Å²) in [4.78, 5) is 24.1. The summed E-state index contributed by atoms with van der Waals surface area (Å²) < 4.78 is 0. The lowest BCUT2D eigenvalue weighted by Crippen LogP contribution is -2.41. The van der Waals surface area contributed by atoms with E-state index in [-0.39, 0.29) is 11.8 Å². The Morgan fingerprint density at radius 3 is 2.04 bits per heavy atom. The minimum absolute atomic E-state index is 0.319. The van der Waals surface area contributed by atoms with Gasteiger partial charge in [-0.3, -0.25) is 20.4 Å². The molecule has 0 bridgehead atoms. The second kappa shape index (κ2) is 6.84. The highest BCUT2D eigenvalue weighted by atomic mass is 35.5. The summed E-state index contributed by atoms with van der Waals surface area (Å²) in [5, 5.41) is 0.555. The van der Waals surface area contributed by atoms with Crippen LogP contribution >= 0.6 is 11.6 Å². The van der Waals surface area contributed by atoms with E-state index in [4.69, 9.17) is 11.6 Å². The Hall–Kier alpha value is -2.33. The molecule has 0 radical (unpaired) electrons. The van der Waals surface area contributed by atoms with E-state index in [0.29, 0.717) is 16.1 Å². The van der Waals surface area contributed by atoms with E-state index >= 15 is 0 Å². The van der Waals surface area contributed by atoms with Crippen LogP contribution in [0.15, 0.2) is 42.5 Å². The number of amides is 2. The summed E-state index contributed by atoms with van der Waals surface area (Å²) in [6.07, 6.45) is 4.44. The maximum atomic E-state index is 12.2. The van der Waals surface area contributed by atoms with Gasteiger partial charge in [-0.1, -0.05) is 17.7 Å². The number of rotatable bonds is 2. The van der Waals surface area contributed by atoms with E-state index in [1.807, 2.05) is 12.1 Å². The number of hydrogen-bond donors (Lipinski definition) is 2. The zero-order valence-corrected chi connectivity index (χ0v) is 13.3. The zero-order valence-electron chi connectivity index (χ0n) is 12.6. The van der Waals surface area contributed by atoms with Crippen molar-refractivity contribution >= 4 is 23.4 Å². The molecule has 2 N–H and O–H groups in total. The zero-order chi connectivity index (χ0) is 16.2. The van der Waals surface area contributed by atoms with Crippen LogP contribution in [0.3, 0.4) is 0 Å². The normalized spacial score (nSPS) is 13.1. The minimum atomic E-state index is -0.382. The van der Waals surface area contributed by atoms with Crippen molar-refractivity contribution < 1.29 is 9.59 Å². The number of carbonyl (C=O) groups excluding carboxylic acids is 2. The first-order valence-electron chi connectivity index (χ1n) is 7.61. The highest BCUT2D eigenvalue weighted by Gasteiger charge is 2.13. The number of aryl methyl sites for hydroxylation is 2. The Morgan fingerprint density at radius 2 is 1.35 bits per heavy atom. The van der Waals surface area contributed by atoms with E-state index in [1.54, 1.807) is 30.3 Å². The highest BCUT2D eigenvalue weighted by molar-refractivity contribution is 6.30. The number of benzene rings is 2. The molecule has 0 spiro atoms. The second-order valence-electron chi connectivity index (χ2n) is 5.61. The average Bonchev–Trinajstić information content (AvgIpc) is 2.59. The van der Waals surface area contributed by atoms with Crippen molar-refractivity contribution in [3.05, 3.63) is 69.7 Å². The van der Waals surface area contributed by atoms with Gasteiger partial charge in [0.05, 0.1) is 0 Å². The highest BCUT2D eigenvalue weighted by Crippen LogP contribution is 2.22. The fourth-order valence-electron chi connectivity index (χ4n) is 2.73. The molecule has 118 valence electrons. The van der Waals surface area contributed by atoms with Crippen LogP contribution in [0.2, 0.25) is 5.02 Å². The van der Waals surface area contributed by atoms with Gasteiger partial charge in [-0.05, 0) is 73.2 Å². The summed E-state index contributed by atoms with van der Waals surface area (Å²) in [6, 6.07) is 12.2. The fraction of sp³-hybridized carbons (Fsp3) is 0.222. The molecule has 0 heterocycles. The van der Waals surface area contributed by atoms with Gasteiger partial charge in [-0.2, -0.15) is 0 Å². The molecule has 0 fully saturated rings. The molecular formula is C18H17ClN2O2. The Morgan fingerprint density at radius 1 is 0.783 bits per heavy atom. The van der Waals surface area contributed by atoms with Crippen LogP contribution < -0.4 is 10.9 Å². The molecule has 3 rings (SSSR count). The van der Waals surface area contributed by atoms with Crippen LogP contribution in [0.1, 0.15) is 44.7 Å². The lowest BCUT2D eigenvalue weighted by Gasteiger charge is -2.16. The monoisotopic (exact) mass is 328 g/mol. The molecule has 1 aliphatic carbocycles. The molecule has 0 aromatic heterocycles. The van der Waals surface area contributed by atoms with Crippen LogP contribution in [0.5, 0.6) is 0 Å². The molecule has 23 heavy (non-hydrogen) atoms. The van der Waals surface area contributed by atoms with Gasteiger partial charge in [0, 0.05) is 16.1 Å². The third-order valence-corrected chi connectivity index (χ3v) is 4.26. The molecule has 0 aliphatic heterocycles. The van der Waals surface area contributed by atoms with Crippen molar-refractivity contribution in [1.82, 2.24) is 10.9 Å². The first kappa shape index (κ1) is 15.6. The Labute approximate surface area is 139 Å². The number of halogens is 1. The Kier molecular flexibility index (Phi) is 4.63. The van der Waals surface area contributed by atoms with Gasteiger partial charge in [0.1, 0.15) is 0 Å². The topological polar surface area (TPSA) is 58.2 Å². The standard InChI is InChI=1S/C18H17ClN2O2/c19-16-9-7-13(8-10-16)17(22)20-21-18(23)15-6-5-12-3-1-2-4-14(12)11-15/h5-11H,1-4H2,(H,20,22)(H,21,23). The number of hydrogen-bond acceptors (Lipinski definition) is 2.